The number of ether oxygens (including phenoxy) is 2. The second kappa shape index (κ2) is 7.65. The Morgan fingerprint density at radius 2 is 1.93 bits per heavy atom. The van der Waals surface area contributed by atoms with E-state index in [0.717, 1.165) is 30.2 Å². The maximum Gasteiger partial charge on any atom is 0.243 e. The average Bonchev–Trinajstić information content (AvgIpc) is 2.73. The van der Waals surface area contributed by atoms with Gasteiger partial charge in [0.15, 0.2) is 0 Å². The first kappa shape index (κ1) is 19.1. The maximum absolute atomic E-state index is 13.2. The lowest BCUT2D eigenvalue weighted by Crippen LogP contribution is -2.41. The Kier molecular flexibility index (Phi) is 5.22. The van der Waals surface area contributed by atoms with Crippen molar-refractivity contribution in [2.75, 3.05) is 44.9 Å². The van der Waals surface area contributed by atoms with Gasteiger partial charge in [0, 0.05) is 44.2 Å². The van der Waals surface area contributed by atoms with Gasteiger partial charge >= 0.3 is 0 Å². The van der Waals surface area contributed by atoms with Crippen LogP contribution in [-0.4, -0.2) is 62.6 Å². The number of anilines is 1. The molecule has 8 nitrogen and oxygen atoms in total. The second-order valence-electron chi connectivity index (χ2n) is 6.89. The molecule has 0 N–H and O–H groups in total. The van der Waals surface area contributed by atoms with Crippen molar-refractivity contribution in [3.05, 3.63) is 41.3 Å². The summed E-state index contributed by atoms with van der Waals surface area (Å²) in [7, 11) is -2.12. The number of rotatable bonds is 4. The molecule has 2 aliphatic heterocycles. The Bertz CT molecular complexity index is 974. The fourth-order valence-corrected chi connectivity index (χ4v) is 5.09. The zero-order chi connectivity index (χ0) is 19.7. The predicted octanol–water partition coefficient (Wildman–Crippen LogP) is 1.38. The van der Waals surface area contributed by atoms with Gasteiger partial charge in [0.05, 0.1) is 30.9 Å². The normalized spacial score (nSPS) is 18.0. The second-order valence-corrected chi connectivity index (χ2v) is 8.82. The zero-order valence-electron chi connectivity index (χ0n) is 16.1. The van der Waals surface area contributed by atoms with Gasteiger partial charge < -0.3 is 14.4 Å². The molecule has 1 saturated heterocycles. The highest BCUT2D eigenvalue weighted by Gasteiger charge is 2.32. The summed E-state index contributed by atoms with van der Waals surface area (Å²) in [5.41, 5.74) is 1.83. The molecule has 0 bridgehead atoms. The first-order valence-corrected chi connectivity index (χ1v) is 10.8. The van der Waals surface area contributed by atoms with Gasteiger partial charge in [-0.3, -0.25) is 0 Å². The number of nitrogens with zero attached hydrogens (tertiary/aromatic N) is 4. The lowest BCUT2D eigenvalue weighted by atomic mass is 10.1. The highest BCUT2D eigenvalue weighted by molar-refractivity contribution is 7.89. The summed E-state index contributed by atoms with van der Waals surface area (Å²) < 4.78 is 38.6. The molecule has 0 radical (unpaired) electrons. The largest absolute Gasteiger partial charge is 0.497 e. The van der Waals surface area contributed by atoms with Crippen LogP contribution in [0.15, 0.2) is 29.2 Å². The van der Waals surface area contributed by atoms with Gasteiger partial charge in [-0.15, -0.1) is 0 Å². The molecule has 9 heteroatoms. The summed E-state index contributed by atoms with van der Waals surface area (Å²) in [6.45, 7) is 5.31. The van der Waals surface area contributed by atoms with Gasteiger partial charge in [0.2, 0.25) is 10.0 Å². The molecular formula is C19H24N4O4S. The van der Waals surface area contributed by atoms with Crippen molar-refractivity contribution < 1.29 is 17.9 Å². The highest BCUT2D eigenvalue weighted by Crippen LogP contribution is 2.31. The molecule has 0 unspecified atom stereocenters. The van der Waals surface area contributed by atoms with Gasteiger partial charge in [-0.25, -0.2) is 18.4 Å². The first-order chi connectivity index (χ1) is 13.5. The van der Waals surface area contributed by atoms with Crippen molar-refractivity contribution in [1.29, 1.82) is 0 Å². The third-order valence-electron chi connectivity index (χ3n) is 5.10. The van der Waals surface area contributed by atoms with Gasteiger partial charge in [-0.1, -0.05) is 6.07 Å². The van der Waals surface area contributed by atoms with Crippen molar-refractivity contribution >= 4 is 15.8 Å². The Morgan fingerprint density at radius 3 is 2.68 bits per heavy atom. The van der Waals surface area contributed by atoms with E-state index in [1.165, 1.54) is 11.4 Å². The molecule has 1 fully saturated rings. The van der Waals surface area contributed by atoms with E-state index in [9.17, 15) is 8.42 Å². The molecule has 2 aliphatic rings. The van der Waals surface area contributed by atoms with Crippen LogP contribution in [-0.2, 0) is 27.7 Å². The summed E-state index contributed by atoms with van der Waals surface area (Å²) in [6, 6.07) is 6.58. The fourth-order valence-electron chi connectivity index (χ4n) is 3.64. The van der Waals surface area contributed by atoms with E-state index in [4.69, 9.17) is 9.47 Å². The molecule has 150 valence electrons. The minimum Gasteiger partial charge on any atom is -0.497 e. The van der Waals surface area contributed by atoms with E-state index in [0.29, 0.717) is 37.8 Å². The molecule has 4 rings (SSSR count). The number of morpholine rings is 1. The molecule has 0 spiro atoms. The van der Waals surface area contributed by atoms with Crippen molar-refractivity contribution in [1.82, 2.24) is 14.3 Å². The predicted molar refractivity (Wildman–Crippen MR) is 104 cm³/mol. The molecule has 1 aromatic heterocycles. The fraction of sp³-hybridized carbons (Fsp3) is 0.474. The van der Waals surface area contributed by atoms with Crippen molar-refractivity contribution in [3.8, 4) is 5.75 Å². The van der Waals surface area contributed by atoms with Gasteiger partial charge in [0.25, 0.3) is 0 Å². The Balaban J connectivity index is 1.68. The minimum absolute atomic E-state index is 0.233. The van der Waals surface area contributed by atoms with Crippen LogP contribution in [0.5, 0.6) is 5.75 Å². The summed E-state index contributed by atoms with van der Waals surface area (Å²) in [5, 5.41) is 0. The van der Waals surface area contributed by atoms with Crippen LogP contribution >= 0.6 is 0 Å². The smallest absolute Gasteiger partial charge is 0.243 e. The monoisotopic (exact) mass is 404 g/mol. The number of fused-ring (bicyclic) bond motifs is 1. The lowest BCUT2D eigenvalue weighted by Gasteiger charge is -2.34. The Morgan fingerprint density at radius 1 is 1.14 bits per heavy atom. The summed E-state index contributed by atoms with van der Waals surface area (Å²) >= 11 is 0. The van der Waals surface area contributed by atoms with E-state index in [1.54, 1.807) is 24.3 Å². The Labute approximate surface area is 165 Å². The van der Waals surface area contributed by atoms with Crippen LogP contribution in [0.2, 0.25) is 0 Å². The van der Waals surface area contributed by atoms with Crippen LogP contribution in [0.3, 0.4) is 0 Å². The molecule has 0 aliphatic carbocycles. The SMILES string of the molecule is COc1cccc(S(=O)(=O)N2CCc3nc(C)nc(N4CCOCC4)c3C2)c1. The van der Waals surface area contributed by atoms with E-state index < -0.39 is 10.0 Å². The molecule has 28 heavy (non-hydrogen) atoms. The van der Waals surface area contributed by atoms with Crippen LogP contribution in [0.1, 0.15) is 17.1 Å². The number of hydrogen-bond acceptors (Lipinski definition) is 7. The van der Waals surface area contributed by atoms with Crippen LogP contribution in [0.25, 0.3) is 0 Å². The van der Waals surface area contributed by atoms with Gasteiger partial charge in [0.1, 0.15) is 17.4 Å². The topological polar surface area (TPSA) is 84.9 Å². The van der Waals surface area contributed by atoms with Crippen LogP contribution in [0, 0.1) is 6.92 Å². The summed E-state index contributed by atoms with van der Waals surface area (Å²) in [6.07, 6.45) is 0.569. The molecule has 1 aromatic carbocycles. The molecule has 0 saturated carbocycles. The first-order valence-electron chi connectivity index (χ1n) is 9.32. The number of aryl methyl sites for hydroxylation is 1. The third kappa shape index (κ3) is 3.57. The van der Waals surface area contributed by atoms with Crippen LogP contribution in [0.4, 0.5) is 5.82 Å². The standard InChI is InChI=1S/C19H24N4O4S/c1-14-20-18-6-7-23(28(24,25)16-5-3-4-15(12-16)26-2)13-17(18)19(21-14)22-8-10-27-11-9-22/h3-5,12H,6-11,13H2,1-2H3. The lowest BCUT2D eigenvalue weighted by molar-refractivity contribution is 0.122. The van der Waals surface area contributed by atoms with E-state index in [1.807, 2.05) is 6.92 Å². The number of aromatic nitrogens is 2. The van der Waals surface area contributed by atoms with Gasteiger partial charge in [-0.05, 0) is 19.1 Å². The molecule has 2 aromatic rings. The minimum atomic E-state index is -3.64. The van der Waals surface area contributed by atoms with E-state index in [-0.39, 0.29) is 11.4 Å². The highest BCUT2D eigenvalue weighted by atomic mass is 32.2. The molecule has 3 heterocycles. The summed E-state index contributed by atoms with van der Waals surface area (Å²) in [5.74, 6) is 2.06. The van der Waals surface area contributed by atoms with Crippen molar-refractivity contribution in [2.45, 2.75) is 24.8 Å². The van der Waals surface area contributed by atoms with Crippen molar-refractivity contribution in [2.24, 2.45) is 0 Å². The summed E-state index contributed by atoms with van der Waals surface area (Å²) in [4.78, 5) is 11.6. The Hall–Kier alpha value is -2.23. The maximum atomic E-state index is 13.2. The average molecular weight is 404 g/mol. The van der Waals surface area contributed by atoms with E-state index >= 15 is 0 Å². The third-order valence-corrected chi connectivity index (χ3v) is 6.95. The van der Waals surface area contributed by atoms with Crippen LogP contribution < -0.4 is 9.64 Å². The number of hydrogen-bond donors (Lipinski definition) is 0. The molecule has 0 amide bonds. The molecular weight excluding hydrogens is 380 g/mol. The van der Waals surface area contributed by atoms with Crippen molar-refractivity contribution in [3.63, 3.8) is 0 Å². The number of sulfonamides is 1. The van der Waals surface area contributed by atoms with Gasteiger partial charge in [-0.2, -0.15) is 4.31 Å². The quantitative estimate of drug-likeness (QED) is 0.761. The number of methoxy groups -OCH3 is 1. The molecule has 0 atom stereocenters. The van der Waals surface area contributed by atoms with E-state index in [2.05, 4.69) is 14.9 Å². The number of benzene rings is 1. The zero-order valence-corrected chi connectivity index (χ0v) is 16.9.